The summed E-state index contributed by atoms with van der Waals surface area (Å²) in [6, 6.07) is 18.3. The van der Waals surface area contributed by atoms with Gasteiger partial charge in [0.05, 0.1) is 11.4 Å². The van der Waals surface area contributed by atoms with Crippen LogP contribution in [0, 0.1) is 41.5 Å². The molecule has 0 amide bonds. The third kappa shape index (κ3) is 4.62. The lowest BCUT2D eigenvalue weighted by molar-refractivity contribution is 0.457. The maximum Gasteiger partial charge on any atom is 0.130 e. The van der Waals surface area contributed by atoms with Gasteiger partial charge in [-0.05, 0) is 136 Å². The predicted molar refractivity (Wildman–Crippen MR) is 141 cm³/mol. The van der Waals surface area contributed by atoms with Crippen LogP contribution >= 0.6 is 0 Å². The Bertz CT molecular complexity index is 1300. The summed E-state index contributed by atoms with van der Waals surface area (Å²) < 4.78 is 6.12. The first-order valence-electron chi connectivity index (χ1n) is 11.5. The van der Waals surface area contributed by atoms with Gasteiger partial charge in [0.2, 0.25) is 0 Å². The van der Waals surface area contributed by atoms with Gasteiger partial charge in [0.15, 0.2) is 0 Å². The Morgan fingerprint density at radius 2 is 1.03 bits per heavy atom. The number of phenols is 3. The molecule has 3 N–H and O–H groups in total. The van der Waals surface area contributed by atoms with Crippen molar-refractivity contribution in [3.8, 4) is 28.7 Å². The summed E-state index contributed by atoms with van der Waals surface area (Å²) in [5, 5.41) is 30.2. The lowest BCUT2D eigenvalue weighted by atomic mass is 10.0. The second-order valence-electron chi connectivity index (χ2n) is 9.12. The van der Waals surface area contributed by atoms with E-state index in [1.54, 1.807) is 36.4 Å². The van der Waals surface area contributed by atoms with Crippen LogP contribution in [0.15, 0.2) is 60.7 Å². The molecule has 0 spiro atoms. The fraction of sp³-hybridized carbons (Fsp3) is 0.200. The zero-order valence-electron chi connectivity index (χ0n) is 21.0. The number of phenolic OH excluding ortho intramolecular Hbond substituents is 3. The Morgan fingerprint density at radius 3 is 1.49 bits per heavy atom. The van der Waals surface area contributed by atoms with Crippen LogP contribution in [0.1, 0.15) is 33.4 Å². The molecule has 0 aromatic heterocycles. The van der Waals surface area contributed by atoms with Gasteiger partial charge in [0.1, 0.15) is 28.7 Å². The maximum atomic E-state index is 10.1. The van der Waals surface area contributed by atoms with Crippen molar-refractivity contribution in [2.45, 2.75) is 41.5 Å². The minimum atomic E-state index is 0.228. The van der Waals surface area contributed by atoms with Gasteiger partial charge in [-0.3, -0.25) is 0 Å². The van der Waals surface area contributed by atoms with Crippen molar-refractivity contribution in [1.29, 1.82) is 0 Å². The summed E-state index contributed by atoms with van der Waals surface area (Å²) in [6.07, 6.45) is 0. The topological polar surface area (TPSA) is 73.2 Å². The molecule has 0 radical (unpaired) electrons. The van der Waals surface area contributed by atoms with Gasteiger partial charge in [0.25, 0.3) is 0 Å². The molecule has 4 rings (SSSR count). The highest BCUT2D eigenvalue weighted by atomic mass is 16.5. The highest BCUT2D eigenvalue weighted by Crippen LogP contribution is 2.44. The zero-order valence-corrected chi connectivity index (χ0v) is 21.0. The summed E-state index contributed by atoms with van der Waals surface area (Å²) >= 11 is 0. The Balaban J connectivity index is 1.82. The SMILES string of the molecule is Cc1cc(O)cc(C)c1N(c1ccc(Oc2ccc(O)c(C)c2C)cc1)c1c(C)cc(O)cc1C. The lowest BCUT2D eigenvalue weighted by Gasteiger charge is -2.31. The molecule has 4 aromatic carbocycles. The van der Waals surface area contributed by atoms with E-state index in [1.165, 1.54) is 0 Å². The van der Waals surface area contributed by atoms with Gasteiger partial charge in [0, 0.05) is 5.69 Å². The zero-order chi connectivity index (χ0) is 25.4. The number of aryl methyl sites for hydroxylation is 4. The number of hydrogen-bond acceptors (Lipinski definition) is 5. The van der Waals surface area contributed by atoms with E-state index in [2.05, 4.69) is 4.90 Å². The van der Waals surface area contributed by atoms with Crippen LogP contribution in [0.5, 0.6) is 28.7 Å². The molecule has 0 unspecified atom stereocenters. The summed E-state index contributed by atoms with van der Waals surface area (Å²) in [5.74, 6) is 2.08. The van der Waals surface area contributed by atoms with Crippen LogP contribution in [-0.2, 0) is 0 Å². The van der Waals surface area contributed by atoms with E-state index in [4.69, 9.17) is 4.74 Å². The van der Waals surface area contributed by atoms with Crippen molar-refractivity contribution in [2.24, 2.45) is 0 Å². The van der Waals surface area contributed by atoms with Crippen LogP contribution in [0.4, 0.5) is 17.1 Å². The Labute approximate surface area is 206 Å². The van der Waals surface area contributed by atoms with E-state index in [-0.39, 0.29) is 17.2 Å². The van der Waals surface area contributed by atoms with Gasteiger partial charge in [-0.25, -0.2) is 0 Å². The number of anilines is 3. The molecule has 0 fully saturated rings. The molecule has 0 aliphatic heterocycles. The molecule has 180 valence electrons. The van der Waals surface area contributed by atoms with Crippen LogP contribution in [0.25, 0.3) is 0 Å². The standard InChI is InChI=1S/C30H31NO4/c1-17-13-24(32)14-18(2)29(17)31(30-19(3)15-25(33)16-20(30)4)23-7-9-26(10-8-23)35-28-12-11-27(34)21(5)22(28)6/h7-16,32-34H,1-6H3. The minimum absolute atomic E-state index is 0.228. The number of ether oxygens (including phenoxy) is 1. The molecule has 0 saturated carbocycles. The van der Waals surface area contributed by atoms with Crippen LogP contribution < -0.4 is 9.64 Å². The number of rotatable bonds is 5. The normalized spacial score (nSPS) is 10.9. The maximum absolute atomic E-state index is 10.1. The summed E-state index contributed by atoms with van der Waals surface area (Å²) in [6.45, 7) is 11.7. The van der Waals surface area contributed by atoms with Crippen molar-refractivity contribution >= 4 is 17.1 Å². The molecular formula is C30H31NO4. The fourth-order valence-corrected chi connectivity index (χ4v) is 4.62. The lowest BCUT2D eigenvalue weighted by Crippen LogP contribution is -2.15. The first-order chi connectivity index (χ1) is 16.6. The van der Waals surface area contributed by atoms with E-state index in [9.17, 15) is 15.3 Å². The second-order valence-corrected chi connectivity index (χ2v) is 9.12. The fourth-order valence-electron chi connectivity index (χ4n) is 4.62. The van der Waals surface area contributed by atoms with Crippen LogP contribution in [-0.4, -0.2) is 15.3 Å². The van der Waals surface area contributed by atoms with Crippen molar-refractivity contribution < 1.29 is 20.1 Å². The quantitative estimate of drug-likeness (QED) is 0.277. The molecule has 0 heterocycles. The largest absolute Gasteiger partial charge is 0.508 e. The third-order valence-corrected chi connectivity index (χ3v) is 6.43. The Morgan fingerprint density at radius 1 is 0.571 bits per heavy atom. The average molecular weight is 470 g/mol. The van der Waals surface area contributed by atoms with Gasteiger partial charge in [-0.15, -0.1) is 0 Å². The van der Waals surface area contributed by atoms with E-state index >= 15 is 0 Å². The first kappa shape index (κ1) is 24.0. The Hall–Kier alpha value is -4.12. The molecular weight excluding hydrogens is 438 g/mol. The monoisotopic (exact) mass is 469 g/mol. The van der Waals surface area contributed by atoms with E-state index in [1.807, 2.05) is 65.8 Å². The summed E-state index contributed by atoms with van der Waals surface area (Å²) in [4.78, 5) is 2.16. The number of aromatic hydroxyl groups is 3. The summed E-state index contributed by atoms with van der Waals surface area (Å²) in [5.41, 5.74) is 8.29. The van der Waals surface area contributed by atoms with Crippen molar-refractivity contribution in [2.75, 3.05) is 4.90 Å². The number of nitrogens with zero attached hydrogens (tertiary/aromatic N) is 1. The van der Waals surface area contributed by atoms with E-state index in [0.29, 0.717) is 11.5 Å². The molecule has 0 atom stereocenters. The highest BCUT2D eigenvalue weighted by Gasteiger charge is 2.21. The van der Waals surface area contributed by atoms with Gasteiger partial charge in [-0.2, -0.15) is 0 Å². The second kappa shape index (κ2) is 9.26. The molecule has 4 aromatic rings. The molecule has 5 nitrogen and oxygen atoms in total. The van der Waals surface area contributed by atoms with Crippen LogP contribution in [0.3, 0.4) is 0 Å². The highest BCUT2D eigenvalue weighted by molar-refractivity contribution is 5.84. The predicted octanol–water partition coefficient (Wildman–Crippen LogP) is 7.92. The molecule has 0 bridgehead atoms. The third-order valence-electron chi connectivity index (χ3n) is 6.43. The van der Waals surface area contributed by atoms with E-state index in [0.717, 1.165) is 50.4 Å². The molecule has 0 saturated heterocycles. The van der Waals surface area contributed by atoms with Gasteiger partial charge < -0.3 is 25.0 Å². The summed E-state index contributed by atoms with van der Waals surface area (Å²) in [7, 11) is 0. The number of benzene rings is 4. The van der Waals surface area contributed by atoms with Crippen molar-refractivity contribution in [3.05, 3.63) is 94.0 Å². The molecule has 35 heavy (non-hydrogen) atoms. The minimum Gasteiger partial charge on any atom is -0.508 e. The molecule has 0 aliphatic rings. The first-order valence-corrected chi connectivity index (χ1v) is 11.5. The van der Waals surface area contributed by atoms with E-state index < -0.39 is 0 Å². The average Bonchev–Trinajstić information content (AvgIpc) is 2.78. The van der Waals surface area contributed by atoms with Crippen LogP contribution in [0.2, 0.25) is 0 Å². The van der Waals surface area contributed by atoms with Gasteiger partial charge >= 0.3 is 0 Å². The van der Waals surface area contributed by atoms with Crippen molar-refractivity contribution in [3.63, 3.8) is 0 Å². The molecule has 5 heteroatoms. The molecule has 0 aliphatic carbocycles. The Kier molecular flexibility index (Phi) is 6.35. The van der Waals surface area contributed by atoms with Gasteiger partial charge in [-0.1, -0.05) is 0 Å². The smallest absolute Gasteiger partial charge is 0.130 e. The van der Waals surface area contributed by atoms with Crippen molar-refractivity contribution in [1.82, 2.24) is 0 Å². The number of hydrogen-bond donors (Lipinski definition) is 3.